The smallest absolute Gasteiger partial charge is 0.312 e. The monoisotopic (exact) mass is 229 g/mol. The van der Waals surface area contributed by atoms with Crippen molar-refractivity contribution in [3.63, 3.8) is 0 Å². The first-order chi connectivity index (χ1) is 7.65. The van der Waals surface area contributed by atoms with E-state index >= 15 is 0 Å². The zero-order chi connectivity index (χ0) is 11.5. The van der Waals surface area contributed by atoms with Gasteiger partial charge in [0.05, 0.1) is 11.0 Å². The fourth-order valence-electron chi connectivity index (χ4n) is 2.29. The molecule has 2 rings (SSSR count). The van der Waals surface area contributed by atoms with Crippen LogP contribution in [-0.2, 0) is 4.74 Å². The molecule has 16 heavy (non-hydrogen) atoms. The van der Waals surface area contributed by atoms with Gasteiger partial charge in [0.2, 0.25) is 0 Å². The molecular formula is C10H19N3O3. The third-order valence-corrected chi connectivity index (χ3v) is 3.38. The first-order valence-electron chi connectivity index (χ1n) is 5.85. The average molecular weight is 229 g/mol. The van der Waals surface area contributed by atoms with Crippen LogP contribution in [0.3, 0.4) is 0 Å². The molecule has 2 atom stereocenters. The Hall–Kier alpha value is -0.720. The van der Waals surface area contributed by atoms with Crippen LogP contribution in [0.25, 0.3) is 0 Å². The molecule has 2 fully saturated rings. The molecule has 0 aromatic heterocycles. The second-order valence-corrected chi connectivity index (χ2v) is 4.68. The molecule has 0 bridgehead atoms. The summed E-state index contributed by atoms with van der Waals surface area (Å²) >= 11 is 0. The number of hydrogen-bond acceptors (Lipinski definition) is 5. The van der Waals surface area contributed by atoms with E-state index in [1.54, 1.807) is 0 Å². The Balaban J connectivity index is 1.73. The van der Waals surface area contributed by atoms with E-state index in [0.29, 0.717) is 6.42 Å². The van der Waals surface area contributed by atoms with E-state index in [4.69, 9.17) is 4.74 Å². The summed E-state index contributed by atoms with van der Waals surface area (Å²) in [6.45, 7) is 5.08. The highest BCUT2D eigenvalue weighted by atomic mass is 16.7. The Labute approximate surface area is 95.3 Å². The summed E-state index contributed by atoms with van der Waals surface area (Å²) in [5.74, 6) is 0. The van der Waals surface area contributed by atoms with Crippen molar-refractivity contribution in [2.24, 2.45) is 0 Å². The van der Waals surface area contributed by atoms with Gasteiger partial charge in [-0.1, -0.05) is 0 Å². The fraction of sp³-hybridized carbons (Fsp3) is 1.00. The average Bonchev–Trinajstić information content (AvgIpc) is 2.70. The molecule has 0 unspecified atom stereocenters. The number of hydrogen-bond donors (Lipinski definition) is 0. The molecule has 0 radical (unpaired) electrons. The Morgan fingerprint density at radius 3 is 2.56 bits per heavy atom. The maximum Gasteiger partial charge on any atom is 0.315 e. The predicted molar refractivity (Wildman–Crippen MR) is 58.8 cm³/mol. The molecule has 0 aliphatic carbocycles. The van der Waals surface area contributed by atoms with Crippen molar-refractivity contribution in [3.05, 3.63) is 10.1 Å². The minimum Gasteiger partial charge on any atom is -0.312 e. The van der Waals surface area contributed by atoms with E-state index in [1.165, 1.54) is 0 Å². The van der Waals surface area contributed by atoms with E-state index in [0.717, 1.165) is 39.1 Å². The van der Waals surface area contributed by atoms with E-state index in [-0.39, 0.29) is 11.0 Å². The van der Waals surface area contributed by atoms with Crippen molar-refractivity contribution in [1.82, 2.24) is 9.80 Å². The molecule has 6 heteroatoms. The minimum atomic E-state index is -0.766. The van der Waals surface area contributed by atoms with Gasteiger partial charge in [-0.15, -0.1) is 0 Å². The summed E-state index contributed by atoms with van der Waals surface area (Å²) in [6, 6.07) is 0. The van der Waals surface area contributed by atoms with Crippen molar-refractivity contribution in [2.75, 3.05) is 39.8 Å². The lowest BCUT2D eigenvalue weighted by Crippen LogP contribution is -2.47. The zero-order valence-electron chi connectivity index (χ0n) is 9.67. The summed E-state index contributed by atoms with van der Waals surface area (Å²) in [6.07, 6.45) is 0.667. The van der Waals surface area contributed by atoms with Crippen LogP contribution < -0.4 is 0 Å². The molecular weight excluding hydrogens is 210 g/mol. The highest BCUT2D eigenvalue weighted by Crippen LogP contribution is 2.21. The van der Waals surface area contributed by atoms with Gasteiger partial charge in [0.15, 0.2) is 0 Å². The maximum atomic E-state index is 10.5. The summed E-state index contributed by atoms with van der Waals surface area (Å²) < 4.78 is 5.40. The van der Waals surface area contributed by atoms with Crippen molar-refractivity contribution in [3.8, 4) is 0 Å². The van der Waals surface area contributed by atoms with Crippen LogP contribution in [0, 0.1) is 10.1 Å². The highest BCUT2D eigenvalue weighted by molar-refractivity contribution is 4.76. The van der Waals surface area contributed by atoms with Crippen molar-refractivity contribution >= 4 is 0 Å². The van der Waals surface area contributed by atoms with E-state index in [1.807, 2.05) is 0 Å². The number of nitro groups is 1. The molecule has 0 saturated carbocycles. The quantitative estimate of drug-likeness (QED) is 0.504. The number of piperazine rings is 1. The molecule has 2 heterocycles. The number of rotatable bonds is 3. The van der Waals surface area contributed by atoms with Gasteiger partial charge in [0, 0.05) is 39.1 Å². The van der Waals surface area contributed by atoms with Gasteiger partial charge in [-0.25, -0.2) is 0 Å². The van der Waals surface area contributed by atoms with Crippen LogP contribution >= 0.6 is 0 Å². The summed E-state index contributed by atoms with van der Waals surface area (Å²) in [4.78, 5) is 14.9. The van der Waals surface area contributed by atoms with Gasteiger partial charge >= 0.3 is 6.23 Å². The van der Waals surface area contributed by atoms with Gasteiger partial charge in [-0.05, 0) is 13.5 Å². The van der Waals surface area contributed by atoms with Crippen LogP contribution in [0.2, 0.25) is 0 Å². The van der Waals surface area contributed by atoms with Crippen molar-refractivity contribution in [1.29, 1.82) is 0 Å². The third kappa shape index (κ3) is 2.90. The maximum absolute atomic E-state index is 10.5. The molecule has 6 nitrogen and oxygen atoms in total. The summed E-state index contributed by atoms with van der Waals surface area (Å²) in [5.41, 5.74) is 0. The van der Waals surface area contributed by atoms with Gasteiger partial charge in [-0.2, -0.15) is 0 Å². The van der Waals surface area contributed by atoms with Crippen molar-refractivity contribution in [2.45, 2.75) is 25.2 Å². The predicted octanol–water partition coefficient (Wildman–Crippen LogP) is 0.0156. The first kappa shape index (κ1) is 11.8. The topological polar surface area (TPSA) is 58.9 Å². The standard InChI is InChI=1S/C10H19N3O3/c1-11-4-6-12(7-5-11)8-9-2-3-10(16-9)13(14)15/h9-10H,2-8H2,1H3/t9-,10+/m0/s1. The third-order valence-electron chi connectivity index (χ3n) is 3.38. The molecule has 0 amide bonds. The lowest BCUT2D eigenvalue weighted by molar-refractivity contribution is -0.571. The van der Waals surface area contributed by atoms with Gasteiger partial charge < -0.3 is 9.64 Å². The van der Waals surface area contributed by atoms with Crippen molar-refractivity contribution < 1.29 is 9.66 Å². The van der Waals surface area contributed by atoms with Crippen LogP contribution in [0.1, 0.15) is 12.8 Å². The Bertz CT molecular complexity index is 254. The Kier molecular flexibility index (Phi) is 3.73. The number of likely N-dealkylation sites (N-methyl/N-ethyl adjacent to an activating group) is 1. The largest absolute Gasteiger partial charge is 0.315 e. The molecule has 2 aliphatic rings. The molecule has 0 aromatic rings. The lowest BCUT2D eigenvalue weighted by atomic mass is 10.2. The first-order valence-corrected chi connectivity index (χ1v) is 5.85. The van der Waals surface area contributed by atoms with Gasteiger partial charge in [-0.3, -0.25) is 15.0 Å². The van der Waals surface area contributed by atoms with Crippen LogP contribution in [0.5, 0.6) is 0 Å². The second-order valence-electron chi connectivity index (χ2n) is 4.68. The molecule has 0 N–H and O–H groups in total. The SMILES string of the molecule is CN1CCN(C[C@@H]2CC[C@H]([N+](=O)[O-])O2)CC1. The van der Waals surface area contributed by atoms with E-state index < -0.39 is 6.23 Å². The summed E-state index contributed by atoms with van der Waals surface area (Å²) in [5, 5.41) is 10.5. The molecule has 2 aliphatic heterocycles. The Morgan fingerprint density at radius 2 is 2.00 bits per heavy atom. The van der Waals surface area contributed by atoms with E-state index in [9.17, 15) is 10.1 Å². The van der Waals surface area contributed by atoms with Gasteiger partial charge in [0.1, 0.15) is 0 Å². The fourth-order valence-corrected chi connectivity index (χ4v) is 2.29. The second kappa shape index (κ2) is 5.07. The molecule has 92 valence electrons. The van der Waals surface area contributed by atoms with Crippen LogP contribution in [-0.4, -0.2) is 66.8 Å². The molecule has 2 saturated heterocycles. The van der Waals surface area contributed by atoms with E-state index in [2.05, 4.69) is 16.8 Å². The minimum absolute atomic E-state index is 0.0545. The number of nitrogens with zero attached hydrogens (tertiary/aromatic N) is 3. The molecule has 0 aromatic carbocycles. The lowest BCUT2D eigenvalue weighted by Gasteiger charge is -2.33. The normalized spacial score (nSPS) is 33.1. The van der Waals surface area contributed by atoms with Gasteiger partial charge in [0.25, 0.3) is 0 Å². The Morgan fingerprint density at radius 1 is 1.31 bits per heavy atom. The van der Waals surface area contributed by atoms with Crippen LogP contribution in [0.15, 0.2) is 0 Å². The summed E-state index contributed by atoms with van der Waals surface area (Å²) in [7, 11) is 2.12. The van der Waals surface area contributed by atoms with Crippen LogP contribution in [0.4, 0.5) is 0 Å². The highest BCUT2D eigenvalue weighted by Gasteiger charge is 2.34. The molecule has 0 spiro atoms. The number of ether oxygens (including phenoxy) is 1. The zero-order valence-corrected chi connectivity index (χ0v) is 9.67.